The molecule has 0 saturated carbocycles. The third kappa shape index (κ3) is 2.44. The monoisotopic (exact) mass is 239 g/mol. The molecule has 88 valence electrons. The molecule has 1 aromatic rings. The highest BCUT2D eigenvalue weighted by molar-refractivity contribution is 7.11. The Balaban J connectivity index is 1.97. The lowest BCUT2D eigenvalue weighted by molar-refractivity contribution is -0.128. The first kappa shape index (κ1) is 11.6. The highest BCUT2D eigenvalue weighted by Crippen LogP contribution is 2.23. The molecule has 0 spiro atoms. The van der Waals surface area contributed by atoms with Crippen LogP contribution in [0.5, 0.6) is 0 Å². The van der Waals surface area contributed by atoms with E-state index >= 15 is 0 Å². The van der Waals surface area contributed by atoms with Crippen molar-refractivity contribution in [2.45, 2.75) is 26.3 Å². The topological polar surface area (TPSA) is 40.5 Å². The molecule has 1 aliphatic rings. The Morgan fingerprint density at radius 3 is 2.81 bits per heavy atom. The van der Waals surface area contributed by atoms with Crippen LogP contribution in [0.2, 0.25) is 0 Å². The van der Waals surface area contributed by atoms with Crippen LogP contribution in [0.1, 0.15) is 23.1 Å². The molecule has 0 aromatic carbocycles. The van der Waals surface area contributed by atoms with Crippen molar-refractivity contribution >= 4 is 17.2 Å². The zero-order chi connectivity index (χ0) is 11.5. The zero-order valence-electron chi connectivity index (χ0n) is 9.48. The molecule has 16 heavy (non-hydrogen) atoms. The predicted molar refractivity (Wildman–Crippen MR) is 64.3 cm³/mol. The first-order chi connectivity index (χ1) is 7.72. The van der Waals surface area contributed by atoms with Gasteiger partial charge in [0.25, 0.3) is 0 Å². The van der Waals surface area contributed by atoms with E-state index in [1.165, 1.54) is 9.75 Å². The Hall–Kier alpha value is -0.870. The molecule has 1 amide bonds. The summed E-state index contributed by atoms with van der Waals surface area (Å²) in [6.07, 6.45) is 1.56. The summed E-state index contributed by atoms with van der Waals surface area (Å²) in [5.41, 5.74) is 0. The average Bonchev–Trinajstić information content (AvgIpc) is 2.87. The van der Waals surface area contributed by atoms with Crippen molar-refractivity contribution in [2.24, 2.45) is 5.92 Å². The Labute approximate surface area is 99.7 Å². The standard InChI is InChI=1S/C12H17NO2S/c1-2-10-3-4-11(16-10)7-13-6-9(8-14)5-12(13)15/h3-4,9,14H,2,5-8H2,1H3. The van der Waals surface area contributed by atoms with Crippen molar-refractivity contribution in [1.82, 2.24) is 4.90 Å². The number of thiophene rings is 1. The number of aryl methyl sites for hydroxylation is 1. The number of carbonyl (C=O) groups excluding carboxylic acids is 1. The van der Waals surface area contributed by atoms with E-state index < -0.39 is 0 Å². The largest absolute Gasteiger partial charge is 0.396 e. The fourth-order valence-electron chi connectivity index (χ4n) is 2.01. The van der Waals surface area contributed by atoms with Crippen LogP contribution >= 0.6 is 11.3 Å². The number of amides is 1. The van der Waals surface area contributed by atoms with E-state index in [-0.39, 0.29) is 18.4 Å². The van der Waals surface area contributed by atoms with Gasteiger partial charge in [0.2, 0.25) is 5.91 Å². The maximum atomic E-state index is 11.6. The summed E-state index contributed by atoms with van der Waals surface area (Å²) in [6.45, 7) is 3.67. The van der Waals surface area contributed by atoms with Crippen molar-refractivity contribution in [3.63, 3.8) is 0 Å². The fraction of sp³-hybridized carbons (Fsp3) is 0.583. The van der Waals surface area contributed by atoms with E-state index in [1.54, 1.807) is 11.3 Å². The molecule has 1 N–H and O–H groups in total. The number of hydrogen-bond acceptors (Lipinski definition) is 3. The molecule has 0 radical (unpaired) electrons. The third-order valence-electron chi connectivity index (χ3n) is 2.97. The maximum Gasteiger partial charge on any atom is 0.223 e. The Bertz CT molecular complexity index is 375. The molecule has 2 heterocycles. The molecule has 3 nitrogen and oxygen atoms in total. The molecule has 1 atom stereocenters. The van der Waals surface area contributed by atoms with Crippen LogP contribution in [-0.2, 0) is 17.8 Å². The number of nitrogens with zero attached hydrogens (tertiary/aromatic N) is 1. The smallest absolute Gasteiger partial charge is 0.223 e. The molecule has 0 aliphatic carbocycles. The second-order valence-electron chi connectivity index (χ2n) is 4.25. The Morgan fingerprint density at radius 2 is 2.25 bits per heavy atom. The molecule has 4 heteroatoms. The molecule has 2 rings (SSSR count). The minimum Gasteiger partial charge on any atom is -0.396 e. The Morgan fingerprint density at radius 1 is 1.50 bits per heavy atom. The van der Waals surface area contributed by atoms with Gasteiger partial charge in [0, 0.05) is 35.2 Å². The van der Waals surface area contributed by atoms with Crippen molar-refractivity contribution < 1.29 is 9.90 Å². The normalized spacial score (nSPS) is 20.8. The number of rotatable bonds is 4. The van der Waals surface area contributed by atoms with Crippen LogP contribution in [0.25, 0.3) is 0 Å². The van der Waals surface area contributed by atoms with E-state index in [4.69, 9.17) is 5.11 Å². The molecule has 1 unspecified atom stereocenters. The van der Waals surface area contributed by atoms with Gasteiger partial charge in [-0.2, -0.15) is 0 Å². The lowest BCUT2D eigenvalue weighted by Crippen LogP contribution is -2.24. The first-order valence-corrected chi connectivity index (χ1v) is 6.50. The summed E-state index contributed by atoms with van der Waals surface area (Å²) in [6, 6.07) is 4.23. The van der Waals surface area contributed by atoms with Gasteiger partial charge < -0.3 is 10.0 Å². The summed E-state index contributed by atoms with van der Waals surface area (Å²) in [7, 11) is 0. The highest BCUT2D eigenvalue weighted by atomic mass is 32.1. The molecule has 1 aromatic heterocycles. The number of carbonyl (C=O) groups is 1. The minimum atomic E-state index is 0.118. The van der Waals surface area contributed by atoms with Crippen LogP contribution in [-0.4, -0.2) is 29.1 Å². The van der Waals surface area contributed by atoms with Gasteiger partial charge in [-0.25, -0.2) is 0 Å². The van der Waals surface area contributed by atoms with E-state index in [9.17, 15) is 4.79 Å². The van der Waals surface area contributed by atoms with Gasteiger partial charge in [0.15, 0.2) is 0 Å². The quantitative estimate of drug-likeness (QED) is 0.868. The fourth-order valence-corrected chi connectivity index (χ4v) is 2.99. The van der Waals surface area contributed by atoms with E-state index in [2.05, 4.69) is 19.1 Å². The van der Waals surface area contributed by atoms with Gasteiger partial charge >= 0.3 is 0 Å². The number of likely N-dealkylation sites (tertiary alicyclic amines) is 1. The summed E-state index contributed by atoms with van der Waals surface area (Å²) >= 11 is 1.77. The second-order valence-corrected chi connectivity index (χ2v) is 5.50. The van der Waals surface area contributed by atoms with E-state index in [0.717, 1.165) is 6.42 Å². The zero-order valence-corrected chi connectivity index (χ0v) is 10.3. The number of hydrogen-bond donors (Lipinski definition) is 1. The minimum absolute atomic E-state index is 0.118. The van der Waals surface area contributed by atoms with Crippen LogP contribution in [0.4, 0.5) is 0 Å². The Kier molecular flexibility index (Phi) is 3.61. The molecule has 1 saturated heterocycles. The van der Waals surface area contributed by atoms with Crippen molar-refractivity contribution in [3.8, 4) is 0 Å². The third-order valence-corrected chi connectivity index (χ3v) is 4.18. The molecule has 0 bridgehead atoms. The lowest BCUT2D eigenvalue weighted by Gasteiger charge is -2.14. The van der Waals surface area contributed by atoms with Gasteiger partial charge in [-0.1, -0.05) is 6.92 Å². The van der Waals surface area contributed by atoms with Crippen molar-refractivity contribution in [2.75, 3.05) is 13.2 Å². The second kappa shape index (κ2) is 4.97. The summed E-state index contributed by atoms with van der Waals surface area (Å²) in [4.78, 5) is 16.1. The van der Waals surface area contributed by atoms with Gasteiger partial charge in [-0.05, 0) is 18.6 Å². The van der Waals surface area contributed by atoms with Gasteiger partial charge in [0.1, 0.15) is 0 Å². The van der Waals surface area contributed by atoms with E-state index in [0.29, 0.717) is 19.5 Å². The van der Waals surface area contributed by atoms with Crippen LogP contribution < -0.4 is 0 Å². The van der Waals surface area contributed by atoms with Crippen molar-refractivity contribution in [1.29, 1.82) is 0 Å². The molecular weight excluding hydrogens is 222 g/mol. The SMILES string of the molecule is CCc1ccc(CN2CC(CO)CC2=O)s1. The predicted octanol–water partition coefficient (Wildman–Crippen LogP) is 1.65. The highest BCUT2D eigenvalue weighted by Gasteiger charge is 2.28. The molecular formula is C12H17NO2S. The van der Waals surface area contributed by atoms with Crippen LogP contribution in [0.15, 0.2) is 12.1 Å². The number of aliphatic hydroxyl groups excluding tert-OH is 1. The summed E-state index contributed by atoms with van der Waals surface area (Å²) < 4.78 is 0. The summed E-state index contributed by atoms with van der Waals surface area (Å²) in [5.74, 6) is 0.309. The number of aliphatic hydroxyl groups is 1. The summed E-state index contributed by atoms with van der Waals surface area (Å²) in [5, 5.41) is 9.03. The maximum absolute atomic E-state index is 11.6. The lowest BCUT2D eigenvalue weighted by atomic mass is 10.1. The van der Waals surface area contributed by atoms with Crippen LogP contribution in [0.3, 0.4) is 0 Å². The average molecular weight is 239 g/mol. The van der Waals surface area contributed by atoms with E-state index in [1.807, 2.05) is 4.90 Å². The van der Waals surface area contributed by atoms with Crippen molar-refractivity contribution in [3.05, 3.63) is 21.9 Å². The van der Waals surface area contributed by atoms with Gasteiger partial charge in [-0.3, -0.25) is 4.79 Å². The molecule has 1 fully saturated rings. The van der Waals surface area contributed by atoms with Gasteiger partial charge in [-0.15, -0.1) is 11.3 Å². The van der Waals surface area contributed by atoms with Crippen LogP contribution in [0, 0.1) is 5.92 Å². The first-order valence-electron chi connectivity index (χ1n) is 5.69. The van der Waals surface area contributed by atoms with Gasteiger partial charge in [0.05, 0.1) is 6.54 Å². The molecule has 1 aliphatic heterocycles.